The van der Waals surface area contributed by atoms with E-state index in [2.05, 4.69) is 14.9 Å². The third-order valence-electron chi connectivity index (χ3n) is 8.54. The van der Waals surface area contributed by atoms with Gasteiger partial charge < -0.3 is 19.6 Å². The number of anilines is 1. The number of amides is 1. The third-order valence-corrected chi connectivity index (χ3v) is 8.82. The molecule has 1 spiro atoms. The first-order valence-electron chi connectivity index (χ1n) is 14.1. The lowest BCUT2D eigenvalue weighted by Crippen LogP contribution is -2.61. The molecule has 0 radical (unpaired) electrons. The van der Waals surface area contributed by atoms with Crippen LogP contribution in [0.2, 0.25) is 5.02 Å². The zero-order valence-electron chi connectivity index (χ0n) is 24.1. The molecule has 11 heteroatoms. The molecule has 1 amide bonds. The number of piperidine rings is 1. The summed E-state index contributed by atoms with van der Waals surface area (Å²) in [5, 5.41) is 10.4. The molecule has 0 atom stereocenters. The van der Waals surface area contributed by atoms with E-state index in [1.54, 1.807) is 17.9 Å². The molecule has 0 unspecified atom stereocenters. The van der Waals surface area contributed by atoms with Crippen LogP contribution < -0.4 is 15.3 Å². The van der Waals surface area contributed by atoms with Crippen LogP contribution in [0.1, 0.15) is 43.9 Å². The molecule has 4 aromatic rings. The predicted octanol–water partition coefficient (Wildman–Crippen LogP) is 5.52. The van der Waals surface area contributed by atoms with Crippen LogP contribution >= 0.6 is 11.6 Å². The Kier molecular flexibility index (Phi) is 7.04. The zero-order chi connectivity index (χ0) is 29.8. The van der Waals surface area contributed by atoms with Crippen molar-refractivity contribution in [3.63, 3.8) is 0 Å². The first-order valence-corrected chi connectivity index (χ1v) is 14.5. The maximum Gasteiger partial charge on any atom is 0.407 e. The number of benzene rings is 1. The molecule has 0 bridgehead atoms. The fourth-order valence-corrected chi connectivity index (χ4v) is 6.52. The largest absolute Gasteiger partial charge is 0.496 e. The van der Waals surface area contributed by atoms with Crippen LogP contribution in [0.25, 0.3) is 28.0 Å². The van der Waals surface area contributed by atoms with Gasteiger partial charge in [0.05, 0.1) is 34.6 Å². The van der Waals surface area contributed by atoms with Gasteiger partial charge in [0.1, 0.15) is 11.6 Å². The monoisotopic (exact) mass is 588 g/mol. The number of methoxy groups -OCH3 is 1. The summed E-state index contributed by atoms with van der Waals surface area (Å²) < 4.78 is 7.18. The summed E-state index contributed by atoms with van der Waals surface area (Å²) in [5.41, 5.74) is 3.51. The molecule has 0 saturated carbocycles. The Morgan fingerprint density at radius 3 is 2.50 bits per heavy atom. The highest BCUT2D eigenvalue weighted by molar-refractivity contribution is 6.34. The first-order chi connectivity index (χ1) is 20.1. The van der Waals surface area contributed by atoms with Crippen molar-refractivity contribution in [2.45, 2.75) is 39.5 Å². The molecule has 42 heavy (non-hydrogen) atoms. The van der Waals surface area contributed by atoms with Crippen LogP contribution in [0.4, 0.5) is 10.6 Å². The standard InChI is InChI=1S/C31H33ClN6O4/c1-18(2)24-26(19(3)9-12-33-24)38-28-21(15-22(32)25(34-28)20-7-5-6-8-23(20)42-4)27(35-29(38)39)36-13-10-31(11-14-36)16-37(17-31)30(40)41/h5-9,12,15,18H,10-11,13-14,16-17H2,1-4H3,(H,40,41). The van der Waals surface area contributed by atoms with Crippen LogP contribution in [0.15, 0.2) is 47.4 Å². The van der Waals surface area contributed by atoms with Gasteiger partial charge in [-0.3, -0.25) is 4.98 Å². The van der Waals surface area contributed by atoms with Crippen LogP contribution in [0.5, 0.6) is 5.75 Å². The van der Waals surface area contributed by atoms with Crippen molar-refractivity contribution in [1.29, 1.82) is 0 Å². The van der Waals surface area contributed by atoms with Gasteiger partial charge in [-0.15, -0.1) is 0 Å². The van der Waals surface area contributed by atoms with E-state index in [-0.39, 0.29) is 11.3 Å². The van der Waals surface area contributed by atoms with Gasteiger partial charge in [-0.1, -0.05) is 37.6 Å². The highest BCUT2D eigenvalue weighted by Gasteiger charge is 2.47. The number of aromatic nitrogens is 4. The van der Waals surface area contributed by atoms with E-state index in [1.165, 1.54) is 4.90 Å². The molecule has 1 aromatic carbocycles. The lowest BCUT2D eigenvalue weighted by Gasteiger charge is -2.53. The number of halogens is 1. The molecule has 2 fully saturated rings. The lowest BCUT2D eigenvalue weighted by molar-refractivity contribution is -0.00641. The molecule has 2 aliphatic heterocycles. The summed E-state index contributed by atoms with van der Waals surface area (Å²) in [4.78, 5) is 43.3. The Hall–Kier alpha value is -4.18. The Balaban J connectivity index is 1.54. The summed E-state index contributed by atoms with van der Waals surface area (Å²) in [7, 11) is 1.60. The summed E-state index contributed by atoms with van der Waals surface area (Å²) in [5.74, 6) is 1.20. The maximum atomic E-state index is 14.0. The van der Waals surface area contributed by atoms with Crippen molar-refractivity contribution in [3.05, 3.63) is 69.4 Å². The van der Waals surface area contributed by atoms with Gasteiger partial charge in [-0.05, 0) is 55.5 Å². The van der Waals surface area contributed by atoms with Gasteiger partial charge in [-0.25, -0.2) is 19.1 Å². The fraction of sp³-hybridized carbons (Fsp3) is 0.387. The van der Waals surface area contributed by atoms with E-state index in [4.69, 9.17) is 21.3 Å². The van der Waals surface area contributed by atoms with Crippen LogP contribution in [-0.2, 0) is 0 Å². The van der Waals surface area contributed by atoms with Gasteiger partial charge in [0.2, 0.25) is 0 Å². The summed E-state index contributed by atoms with van der Waals surface area (Å²) in [6.45, 7) is 8.41. The number of carboxylic acid groups (broad SMARTS) is 1. The number of nitrogens with zero attached hydrogens (tertiary/aromatic N) is 6. The molecule has 2 saturated heterocycles. The first kappa shape index (κ1) is 28.0. The lowest BCUT2D eigenvalue weighted by atomic mass is 9.72. The topological polar surface area (TPSA) is 114 Å². The molecular weight excluding hydrogens is 556 g/mol. The number of ether oxygens (including phenoxy) is 1. The number of rotatable bonds is 5. The Morgan fingerprint density at radius 1 is 1.12 bits per heavy atom. The highest BCUT2D eigenvalue weighted by Crippen LogP contribution is 2.43. The predicted molar refractivity (Wildman–Crippen MR) is 162 cm³/mol. The smallest absolute Gasteiger partial charge is 0.407 e. The molecule has 10 nitrogen and oxygen atoms in total. The number of para-hydroxylation sites is 1. The molecule has 6 rings (SSSR count). The van der Waals surface area contributed by atoms with E-state index in [0.29, 0.717) is 70.7 Å². The quantitative estimate of drug-likeness (QED) is 0.324. The van der Waals surface area contributed by atoms with Gasteiger partial charge in [0.25, 0.3) is 0 Å². The van der Waals surface area contributed by atoms with E-state index in [1.807, 2.05) is 57.2 Å². The second-order valence-corrected chi connectivity index (χ2v) is 12.0. The molecule has 1 N–H and O–H groups in total. The van der Waals surface area contributed by atoms with Gasteiger partial charge >= 0.3 is 11.8 Å². The second kappa shape index (κ2) is 10.6. The minimum Gasteiger partial charge on any atom is -0.496 e. The van der Waals surface area contributed by atoms with Crippen LogP contribution in [-0.4, -0.2) is 68.9 Å². The SMILES string of the molecule is COc1ccccc1-c1nc2c(cc1Cl)c(N1CCC3(CC1)CN(C(=O)O)C3)nc(=O)n2-c1c(C)ccnc1C(C)C. The highest BCUT2D eigenvalue weighted by atomic mass is 35.5. The molecule has 2 aliphatic rings. The number of hydrogen-bond donors (Lipinski definition) is 1. The molecule has 5 heterocycles. The Bertz CT molecular complexity index is 1750. The van der Waals surface area contributed by atoms with Gasteiger partial charge in [-0.2, -0.15) is 4.98 Å². The second-order valence-electron chi connectivity index (χ2n) is 11.6. The number of carbonyl (C=O) groups is 1. The third kappa shape index (κ3) is 4.63. The van der Waals surface area contributed by atoms with Crippen molar-refractivity contribution < 1.29 is 14.6 Å². The van der Waals surface area contributed by atoms with Gasteiger partial charge in [0, 0.05) is 43.4 Å². The zero-order valence-corrected chi connectivity index (χ0v) is 24.9. The van der Waals surface area contributed by atoms with E-state index in [9.17, 15) is 14.7 Å². The fourth-order valence-electron chi connectivity index (χ4n) is 6.27. The molecule has 0 aliphatic carbocycles. The molecule has 218 valence electrons. The summed E-state index contributed by atoms with van der Waals surface area (Å²) >= 11 is 6.93. The normalized spacial score (nSPS) is 16.2. The molecule has 3 aromatic heterocycles. The maximum absolute atomic E-state index is 14.0. The summed E-state index contributed by atoms with van der Waals surface area (Å²) in [6.07, 6.45) is 2.49. The number of likely N-dealkylation sites (tertiary alicyclic amines) is 1. The number of hydrogen-bond acceptors (Lipinski definition) is 7. The van der Waals surface area contributed by atoms with Crippen LogP contribution in [0, 0.1) is 12.3 Å². The van der Waals surface area contributed by atoms with Gasteiger partial charge in [0.15, 0.2) is 5.65 Å². The summed E-state index contributed by atoms with van der Waals surface area (Å²) in [6, 6.07) is 11.2. The Morgan fingerprint density at radius 2 is 1.83 bits per heavy atom. The minimum atomic E-state index is -0.877. The number of aryl methyl sites for hydroxylation is 1. The van der Waals surface area contributed by atoms with E-state index >= 15 is 0 Å². The van der Waals surface area contributed by atoms with Crippen LogP contribution in [0.3, 0.4) is 0 Å². The molecular formula is C31H33ClN6O4. The van der Waals surface area contributed by atoms with E-state index in [0.717, 1.165) is 24.1 Å². The average molecular weight is 589 g/mol. The van der Waals surface area contributed by atoms with Crippen molar-refractivity contribution >= 4 is 34.5 Å². The number of pyridine rings is 2. The van der Waals surface area contributed by atoms with Crippen molar-refractivity contribution in [2.24, 2.45) is 5.41 Å². The average Bonchev–Trinajstić information content (AvgIpc) is 2.95. The van der Waals surface area contributed by atoms with Crippen molar-refractivity contribution in [2.75, 3.05) is 38.2 Å². The number of fused-ring (bicyclic) bond motifs is 1. The van der Waals surface area contributed by atoms with Crippen molar-refractivity contribution in [1.82, 2.24) is 24.4 Å². The minimum absolute atomic E-state index is 0.0222. The van der Waals surface area contributed by atoms with E-state index < -0.39 is 11.8 Å². The Labute approximate surface area is 248 Å². The van der Waals surface area contributed by atoms with Crippen molar-refractivity contribution in [3.8, 4) is 22.7 Å².